The first-order valence-electron chi connectivity index (χ1n) is 10.4. The third-order valence-electron chi connectivity index (χ3n) is 6.20. The zero-order valence-corrected chi connectivity index (χ0v) is 17.2. The van der Waals surface area contributed by atoms with Crippen LogP contribution in [0, 0.1) is 0 Å². The molecule has 2 aliphatic heterocycles. The van der Waals surface area contributed by atoms with Gasteiger partial charge in [0.1, 0.15) is 43.1 Å². The maximum atomic E-state index is 12.7. The Hall–Kier alpha value is -1.97. The van der Waals surface area contributed by atoms with Gasteiger partial charge in [0.25, 0.3) is 0 Å². The molecule has 0 spiro atoms. The van der Waals surface area contributed by atoms with Crippen molar-refractivity contribution in [2.45, 2.75) is 69.2 Å². The first-order chi connectivity index (χ1) is 14.4. The van der Waals surface area contributed by atoms with Crippen LogP contribution in [0.3, 0.4) is 0 Å². The predicted molar refractivity (Wildman–Crippen MR) is 108 cm³/mol. The van der Waals surface area contributed by atoms with Gasteiger partial charge in [-0.1, -0.05) is 25.5 Å². The summed E-state index contributed by atoms with van der Waals surface area (Å²) in [6, 6.07) is 4.85. The molecule has 1 saturated heterocycles. The van der Waals surface area contributed by atoms with Crippen LogP contribution >= 0.6 is 0 Å². The number of hydrogen-bond acceptors (Lipinski definition) is 7. The lowest BCUT2D eigenvalue weighted by atomic mass is 9.83. The summed E-state index contributed by atoms with van der Waals surface area (Å²) >= 11 is 0. The van der Waals surface area contributed by atoms with Gasteiger partial charge in [0.05, 0.1) is 12.6 Å². The Balaban J connectivity index is 1.45. The summed E-state index contributed by atoms with van der Waals surface area (Å²) in [6.45, 7) is 4.42. The molecule has 1 aromatic rings. The molecular weight excluding hydrogens is 390 g/mol. The molecule has 2 heterocycles. The molecule has 0 aromatic heterocycles. The zero-order valence-electron chi connectivity index (χ0n) is 17.2. The number of rotatable bonds is 5. The van der Waals surface area contributed by atoms with Crippen LogP contribution in [0.1, 0.15) is 43.7 Å². The summed E-state index contributed by atoms with van der Waals surface area (Å²) in [6.07, 6.45) is -1.55. The Morgan fingerprint density at radius 3 is 2.63 bits per heavy atom. The van der Waals surface area contributed by atoms with Gasteiger partial charge in [-0.3, -0.25) is 4.79 Å². The van der Waals surface area contributed by atoms with Gasteiger partial charge < -0.3 is 34.8 Å². The van der Waals surface area contributed by atoms with Gasteiger partial charge in [-0.15, -0.1) is 0 Å². The third kappa shape index (κ3) is 3.86. The first-order valence-corrected chi connectivity index (χ1v) is 10.4. The molecule has 0 bridgehead atoms. The van der Waals surface area contributed by atoms with E-state index in [1.807, 2.05) is 18.2 Å². The molecule has 4 rings (SSSR count). The Kier molecular flexibility index (Phi) is 6.13. The lowest BCUT2D eigenvalue weighted by Gasteiger charge is -2.41. The Labute approximate surface area is 175 Å². The molecule has 8 heteroatoms. The van der Waals surface area contributed by atoms with Crippen molar-refractivity contribution < 1.29 is 34.3 Å². The molecule has 1 amide bonds. The van der Waals surface area contributed by atoms with Crippen molar-refractivity contribution in [2.24, 2.45) is 0 Å². The molecular formula is C22H29NO7. The molecule has 2 fully saturated rings. The van der Waals surface area contributed by atoms with Gasteiger partial charge in [0.15, 0.2) is 0 Å². The third-order valence-corrected chi connectivity index (χ3v) is 6.20. The maximum Gasteiger partial charge on any atom is 0.247 e. The van der Waals surface area contributed by atoms with E-state index in [0.717, 1.165) is 24.2 Å². The Morgan fingerprint density at radius 1 is 1.17 bits per heavy atom. The minimum absolute atomic E-state index is 0.0741. The molecule has 30 heavy (non-hydrogen) atoms. The number of aliphatic hydroxyl groups excluding tert-OH is 3. The normalized spacial score (nSPS) is 35.5. The fourth-order valence-electron chi connectivity index (χ4n) is 4.51. The van der Waals surface area contributed by atoms with Crippen molar-refractivity contribution in [3.8, 4) is 5.75 Å². The highest BCUT2D eigenvalue weighted by atomic mass is 16.7. The molecule has 1 unspecified atom stereocenters. The Morgan fingerprint density at radius 2 is 1.90 bits per heavy atom. The molecule has 3 aliphatic rings. The van der Waals surface area contributed by atoms with E-state index in [2.05, 4.69) is 12.2 Å². The van der Waals surface area contributed by atoms with Crippen molar-refractivity contribution in [1.29, 1.82) is 0 Å². The van der Waals surface area contributed by atoms with Crippen LogP contribution in [0.2, 0.25) is 0 Å². The fourth-order valence-corrected chi connectivity index (χ4v) is 4.51. The smallest absolute Gasteiger partial charge is 0.247 e. The van der Waals surface area contributed by atoms with E-state index in [4.69, 9.17) is 14.2 Å². The lowest BCUT2D eigenvalue weighted by Crippen LogP contribution is -2.67. The molecule has 7 atom stereocenters. The second-order valence-electron chi connectivity index (χ2n) is 8.27. The highest BCUT2D eigenvalue weighted by molar-refractivity contribution is 5.97. The van der Waals surface area contributed by atoms with E-state index < -0.39 is 42.5 Å². The van der Waals surface area contributed by atoms with Crippen LogP contribution in [0.5, 0.6) is 5.75 Å². The van der Waals surface area contributed by atoms with E-state index in [1.165, 1.54) is 5.56 Å². The topological polar surface area (TPSA) is 117 Å². The van der Waals surface area contributed by atoms with Crippen molar-refractivity contribution in [2.75, 3.05) is 13.4 Å². The minimum Gasteiger partial charge on any atom is -0.493 e. The van der Waals surface area contributed by atoms with Gasteiger partial charge >= 0.3 is 0 Å². The van der Waals surface area contributed by atoms with Crippen LogP contribution < -0.4 is 10.1 Å². The molecule has 1 aromatic carbocycles. The van der Waals surface area contributed by atoms with E-state index in [-0.39, 0.29) is 6.79 Å². The van der Waals surface area contributed by atoms with Gasteiger partial charge in [-0.05, 0) is 31.1 Å². The number of ether oxygens (including phenoxy) is 3. The van der Waals surface area contributed by atoms with E-state index >= 15 is 0 Å². The van der Waals surface area contributed by atoms with E-state index in [1.54, 1.807) is 13.0 Å². The lowest BCUT2D eigenvalue weighted by molar-refractivity contribution is -0.155. The van der Waals surface area contributed by atoms with Gasteiger partial charge in [-0.25, -0.2) is 0 Å². The summed E-state index contributed by atoms with van der Waals surface area (Å²) < 4.78 is 16.3. The number of carbonyl (C=O) groups excluding carboxylic acids is 1. The Bertz CT molecular complexity index is 826. The van der Waals surface area contributed by atoms with Crippen LogP contribution in [0.4, 0.5) is 0 Å². The van der Waals surface area contributed by atoms with Crippen LogP contribution in [-0.2, 0) is 14.3 Å². The highest BCUT2D eigenvalue weighted by Crippen LogP contribution is 2.37. The predicted octanol–water partition coefficient (Wildman–Crippen LogP) is 0.689. The van der Waals surface area contributed by atoms with Crippen molar-refractivity contribution >= 4 is 12.0 Å². The average Bonchev–Trinajstić information content (AvgIpc) is 3.37. The minimum atomic E-state index is -1.37. The quantitative estimate of drug-likeness (QED) is 0.519. The number of aliphatic hydroxyl groups is 3. The molecule has 0 radical (unpaired) electrons. The summed E-state index contributed by atoms with van der Waals surface area (Å²) in [4.78, 5) is 12.7. The van der Waals surface area contributed by atoms with Crippen LogP contribution in [0.15, 0.2) is 23.8 Å². The van der Waals surface area contributed by atoms with Crippen LogP contribution in [0.25, 0.3) is 6.08 Å². The molecule has 164 valence electrons. The van der Waals surface area contributed by atoms with Crippen molar-refractivity contribution in [3.63, 3.8) is 0 Å². The summed E-state index contributed by atoms with van der Waals surface area (Å²) in [5.41, 5.74) is 2.43. The SMILES string of the molecule is CCCC1COc2cc(/C=C(\C)C(=O)N[C@@H]3[C@H](O)[C@@H](O)[C@H]4OCO[C@H]4[C@@H]3O)ccc21. The number of benzene rings is 1. The summed E-state index contributed by atoms with van der Waals surface area (Å²) in [7, 11) is 0. The molecule has 4 N–H and O–H groups in total. The molecule has 1 saturated carbocycles. The largest absolute Gasteiger partial charge is 0.493 e. The van der Waals surface area contributed by atoms with Gasteiger partial charge in [-0.2, -0.15) is 0 Å². The second kappa shape index (κ2) is 8.64. The number of fused-ring (bicyclic) bond motifs is 2. The fraction of sp³-hybridized carbons (Fsp3) is 0.591. The van der Waals surface area contributed by atoms with Gasteiger partial charge in [0, 0.05) is 17.1 Å². The van der Waals surface area contributed by atoms with Gasteiger partial charge in [0.2, 0.25) is 5.91 Å². The average molecular weight is 419 g/mol. The number of amides is 1. The van der Waals surface area contributed by atoms with E-state index in [9.17, 15) is 20.1 Å². The van der Waals surface area contributed by atoms with Crippen LogP contribution in [-0.4, -0.2) is 71.2 Å². The standard InChI is InChI=1S/C22H29NO7/c1-3-4-13-9-28-15-8-12(5-6-14(13)15)7-11(2)22(27)23-16-17(24)19(26)21-20(18(16)25)29-10-30-21/h5-8,13,16-21,24-26H,3-4,9-10H2,1-2H3,(H,23,27)/b11-7+/t13?,16-,17+,18-,19-,20+,21-/m1/s1. The monoisotopic (exact) mass is 419 g/mol. The number of hydrogen-bond donors (Lipinski definition) is 4. The van der Waals surface area contributed by atoms with E-state index in [0.29, 0.717) is 18.1 Å². The highest BCUT2D eigenvalue weighted by Gasteiger charge is 2.53. The maximum absolute atomic E-state index is 12.7. The summed E-state index contributed by atoms with van der Waals surface area (Å²) in [5.74, 6) is 0.813. The number of nitrogens with one attached hydrogen (secondary N) is 1. The van der Waals surface area contributed by atoms with Crippen molar-refractivity contribution in [1.82, 2.24) is 5.32 Å². The first kappa shape index (κ1) is 21.3. The zero-order chi connectivity index (χ0) is 21.4. The number of carbonyl (C=O) groups is 1. The molecule has 8 nitrogen and oxygen atoms in total. The summed E-state index contributed by atoms with van der Waals surface area (Å²) in [5, 5.41) is 33.7. The molecule has 1 aliphatic carbocycles. The second-order valence-corrected chi connectivity index (χ2v) is 8.27. The van der Waals surface area contributed by atoms with Crippen molar-refractivity contribution in [3.05, 3.63) is 34.9 Å².